The van der Waals surface area contributed by atoms with Crippen LogP contribution in [0.5, 0.6) is 5.75 Å². The first-order valence-electron chi connectivity index (χ1n) is 10.6. The monoisotopic (exact) mass is 439 g/mol. The second-order valence-electron chi connectivity index (χ2n) is 7.44. The van der Waals surface area contributed by atoms with E-state index >= 15 is 0 Å². The third kappa shape index (κ3) is 4.74. The van der Waals surface area contributed by atoms with Crippen LogP contribution in [0.4, 0.5) is 0 Å². The molecule has 5 aromatic rings. The summed E-state index contributed by atoms with van der Waals surface area (Å²) in [4.78, 5) is 23.9. The Hall–Kier alpha value is -4.46. The van der Waals surface area contributed by atoms with Crippen molar-refractivity contribution < 1.29 is 14.1 Å². The van der Waals surface area contributed by atoms with Crippen molar-refractivity contribution in [2.75, 3.05) is 6.54 Å². The number of hydrogen-bond acceptors (Lipinski definition) is 6. The Balaban J connectivity index is 1.20. The van der Waals surface area contributed by atoms with E-state index in [-0.39, 0.29) is 11.7 Å². The fraction of sp³-hybridized carbons (Fsp3) is 0.120. The van der Waals surface area contributed by atoms with E-state index in [1.165, 1.54) is 0 Å². The molecule has 0 unspecified atom stereocenters. The number of nitrogens with one attached hydrogen (secondary N) is 2. The van der Waals surface area contributed by atoms with Crippen LogP contribution in [0.1, 0.15) is 21.8 Å². The number of rotatable bonds is 8. The summed E-state index contributed by atoms with van der Waals surface area (Å²) in [5.41, 5.74) is 3.75. The summed E-state index contributed by atoms with van der Waals surface area (Å²) in [6.07, 6.45) is 4.21. The number of amides is 1. The maximum absolute atomic E-state index is 12.4. The quantitative estimate of drug-likeness (QED) is 0.376. The highest BCUT2D eigenvalue weighted by Crippen LogP contribution is 2.24. The van der Waals surface area contributed by atoms with E-state index in [0.717, 1.165) is 27.8 Å². The van der Waals surface area contributed by atoms with Gasteiger partial charge in [0, 0.05) is 29.8 Å². The van der Waals surface area contributed by atoms with E-state index in [2.05, 4.69) is 25.4 Å². The van der Waals surface area contributed by atoms with Crippen molar-refractivity contribution in [1.29, 1.82) is 0 Å². The third-order valence-corrected chi connectivity index (χ3v) is 5.18. The average molecular weight is 439 g/mol. The maximum Gasteiger partial charge on any atom is 0.316 e. The molecule has 0 saturated heterocycles. The van der Waals surface area contributed by atoms with Gasteiger partial charge in [0.15, 0.2) is 0 Å². The Kier molecular flexibility index (Phi) is 5.79. The maximum atomic E-state index is 12.4. The number of ether oxygens (including phenoxy) is 1. The Morgan fingerprint density at radius 1 is 1.06 bits per heavy atom. The molecule has 0 radical (unpaired) electrons. The molecule has 0 spiro atoms. The fourth-order valence-electron chi connectivity index (χ4n) is 3.50. The number of aromatic amines is 1. The molecule has 0 aliphatic heterocycles. The number of hydrogen-bond donors (Lipinski definition) is 2. The van der Waals surface area contributed by atoms with Gasteiger partial charge in [-0.25, -0.2) is 0 Å². The zero-order chi connectivity index (χ0) is 22.5. The van der Waals surface area contributed by atoms with Crippen LogP contribution in [0.3, 0.4) is 0 Å². The molecule has 5 rings (SSSR count). The van der Waals surface area contributed by atoms with Crippen molar-refractivity contribution in [3.63, 3.8) is 0 Å². The molecule has 0 atom stereocenters. The summed E-state index contributed by atoms with van der Waals surface area (Å²) in [7, 11) is 0. The van der Waals surface area contributed by atoms with Crippen LogP contribution in [0.25, 0.3) is 22.4 Å². The van der Waals surface area contributed by atoms with Crippen LogP contribution in [0.15, 0.2) is 83.6 Å². The van der Waals surface area contributed by atoms with E-state index in [0.29, 0.717) is 25.3 Å². The van der Waals surface area contributed by atoms with E-state index < -0.39 is 5.91 Å². The van der Waals surface area contributed by atoms with Crippen LogP contribution in [0.2, 0.25) is 0 Å². The predicted molar refractivity (Wildman–Crippen MR) is 123 cm³/mol. The zero-order valence-corrected chi connectivity index (χ0v) is 17.7. The lowest BCUT2D eigenvalue weighted by molar-refractivity contribution is 0.0910. The van der Waals surface area contributed by atoms with Gasteiger partial charge in [0.05, 0.1) is 0 Å². The molecule has 0 fully saturated rings. The summed E-state index contributed by atoms with van der Waals surface area (Å²) in [6.45, 7) is 0.926. The van der Waals surface area contributed by atoms with Crippen LogP contribution >= 0.6 is 0 Å². The van der Waals surface area contributed by atoms with Gasteiger partial charge in [-0.1, -0.05) is 41.6 Å². The normalized spacial score (nSPS) is 10.9. The van der Waals surface area contributed by atoms with Crippen molar-refractivity contribution in [1.82, 2.24) is 25.4 Å². The molecule has 2 aromatic carbocycles. The molecular formula is C25H21N5O3. The Bertz CT molecular complexity index is 1360. The summed E-state index contributed by atoms with van der Waals surface area (Å²) in [6, 6.07) is 21.4. The average Bonchev–Trinajstić information content (AvgIpc) is 3.52. The highest BCUT2D eigenvalue weighted by atomic mass is 16.5. The van der Waals surface area contributed by atoms with Crippen molar-refractivity contribution in [3.8, 4) is 17.3 Å². The lowest BCUT2D eigenvalue weighted by Crippen LogP contribution is -2.25. The molecule has 3 aromatic heterocycles. The van der Waals surface area contributed by atoms with Gasteiger partial charge in [-0.15, -0.1) is 0 Å². The first-order valence-corrected chi connectivity index (χ1v) is 10.6. The number of aromatic nitrogens is 4. The van der Waals surface area contributed by atoms with Crippen molar-refractivity contribution >= 4 is 16.8 Å². The van der Waals surface area contributed by atoms with E-state index in [1.807, 2.05) is 60.8 Å². The van der Waals surface area contributed by atoms with E-state index in [1.54, 1.807) is 18.3 Å². The lowest BCUT2D eigenvalue weighted by atomic mass is 10.1. The van der Waals surface area contributed by atoms with Gasteiger partial charge in [0.1, 0.15) is 18.1 Å². The van der Waals surface area contributed by atoms with Gasteiger partial charge in [-0.2, -0.15) is 4.98 Å². The highest BCUT2D eigenvalue weighted by molar-refractivity contribution is 5.90. The van der Waals surface area contributed by atoms with Crippen molar-refractivity contribution in [2.24, 2.45) is 0 Å². The van der Waals surface area contributed by atoms with Crippen molar-refractivity contribution in [2.45, 2.75) is 13.0 Å². The van der Waals surface area contributed by atoms with E-state index in [9.17, 15) is 4.79 Å². The number of carbonyl (C=O) groups is 1. The number of pyridine rings is 1. The second kappa shape index (κ2) is 9.35. The summed E-state index contributed by atoms with van der Waals surface area (Å²) >= 11 is 0. The Morgan fingerprint density at radius 3 is 2.79 bits per heavy atom. The molecule has 8 heteroatoms. The van der Waals surface area contributed by atoms with E-state index in [4.69, 9.17) is 9.26 Å². The highest BCUT2D eigenvalue weighted by Gasteiger charge is 2.16. The minimum Gasteiger partial charge on any atom is -0.489 e. The van der Waals surface area contributed by atoms with Crippen LogP contribution in [-0.4, -0.2) is 32.6 Å². The summed E-state index contributed by atoms with van der Waals surface area (Å²) in [5, 5.41) is 7.71. The first kappa shape index (κ1) is 20.4. The van der Waals surface area contributed by atoms with Crippen LogP contribution in [0, 0.1) is 0 Å². The zero-order valence-electron chi connectivity index (χ0n) is 17.7. The van der Waals surface area contributed by atoms with Gasteiger partial charge in [-0.3, -0.25) is 9.78 Å². The third-order valence-electron chi connectivity index (χ3n) is 5.18. The molecule has 1 amide bonds. The predicted octanol–water partition coefficient (Wildman–Crippen LogP) is 4.16. The van der Waals surface area contributed by atoms with Crippen LogP contribution < -0.4 is 10.1 Å². The Morgan fingerprint density at radius 2 is 1.94 bits per heavy atom. The number of carbonyl (C=O) groups excluding carboxylic acids is 1. The summed E-state index contributed by atoms with van der Waals surface area (Å²) < 4.78 is 11.0. The standard InChI is InChI=1S/C25H21N5O3/c31-24(25-29-23(30-33-25)22-8-4-5-12-26-22)27-13-11-18-15-28-21-10-9-19(14-20(18)21)32-16-17-6-2-1-3-7-17/h1-10,12,14-15,28H,11,13,16H2,(H,27,31). The molecular weight excluding hydrogens is 418 g/mol. The Labute approximate surface area is 189 Å². The fourth-order valence-corrected chi connectivity index (χ4v) is 3.50. The van der Waals surface area contributed by atoms with Gasteiger partial charge >= 0.3 is 11.8 Å². The molecule has 2 N–H and O–H groups in total. The largest absolute Gasteiger partial charge is 0.489 e. The molecule has 0 saturated carbocycles. The molecule has 0 bridgehead atoms. The minimum absolute atomic E-state index is 0.0915. The van der Waals surface area contributed by atoms with Crippen molar-refractivity contribution in [3.05, 3.63) is 96.1 Å². The second-order valence-corrected chi connectivity index (χ2v) is 7.44. The van der Waals surface area contributed by atoms with Gasteiger partial charge in [0.25, 0.3) is 0 Å². The molecule has 3 heterocycles. The molecule has 0 aliphatic carbocycles. The smallest absolute Gasteiger partial charge is 0.316 e. The first-order chi connectivity index (χ1) is 16.3. The number of fused-ring (bicyclic) bond motifs is 1. The number of H-pyrrole nitrogens is 1. The van der Waals surface area contributed by atoms with Gasteiger partial charge in [0.2, 0.25) is 5.82 Å². The summed E-state index contributed by atoms with van der Waals surface area (Å²) in [5.74, 6) is 0.562. The molecule has 0 aliphatic rings. The van der Waals surface area contributed by atoms with Gasteiger partial charge < -0.3 is 19.6 Å². The van der Waals surface area contributed by atoms with Gasteiger partial charge in [-0.05, 0) is 47.9 Å². The number of benzene rings is 2. The molecule has 164 valence electrons. The van der Waals surface area contributed by atoms with Crippen LogP contribution in [-0.2, 0) is 13.0 Å². The topological polar surface area (TPSA) is 106 Å². The SMILES string of the molecule is O=C(NCCc1c[nH]c2ccc(OCc3ccccc3)cc12)c1nc(-c2ccccn2)no1. The lowest BCUT2D eigenvalue weighted by Gasteiger charge is -2.07. The molecule has 8 nitrogen and oxygen atoms in total. The number of nitrogens with zero attached hydrogens (tertiary/aromatic N) is 3. The minimum atomic E-state index is -0.420. The molecule has 33 heavy (non-hydrogen) atoms.